The standard InChI is InChI=1S/C17H15N3O3S/c1-22-17(21)20-18-10-12-6-8-13(9-7-12)23-11-16-19-14-4-2-3-5-15(14)24-16/h2-10H,11H2,1H3,(H,20,21). The molecular weight excluding hydrogens is 326 g/mol. The number of nitrogens with zero attached hydrogens (tertiary/aromatic N) is 2. The van der Waals surface area contributed by atoms with E-state index in [0.29, 0.717) is 6.61 Å². The SMILES string of the molecule is COC(=O)NN=Cc1ccc(OCc2nc3ccccc3s2)cc1. The molecule has 1 amide bonds. The van der Waals surface area contributed by atoms with E-state index in [1.165, 1.54) is 13.3 Å². The van der Waals surface area contributed by atoms with Gasteiger partial charge in [-0.05, 0) is 42.0 Å². The van der Waals surface area contributed by atoms with Crippen molar-refractivity contribution in [2.45, 2.75) is 6.61 Å². The Morgan fingerprint density at radius 3 is 2.79 bits per heavy atom. The number of thiazole rings is 1. The van der Waals surface area contributed by atoms with E-state index in [-0.39, 0.29) is 0 Å². The van der Waals surface area contributed by atoms with Crippen LogP contribution < -0.4 is 10.2 Å². The van der Waals surface area contributed by atoms with Crippen molar-refractivity contribution >= 4 is 33.9 Å². The summed E-state index contributed by atoms with van der Waals surface area (Å²) in [7, 11) is 1.28. The van der Waals surface area contributed by atoms with Crippen LogP contribution in [-0.2, 0) is 11.3 Å². The summed E-state index contributed by atoms with van der Waals surface area (Å²) >= 11 is 1.63. The normalized spacial score (nSPS) is 10.9. The summed E-state index contributed by atoms with van der Waals surface area (Å²) in [5, 5.41) is 4.70. The Hall–Kier alpha value is -2.93. The molecule has 0 radical (unpaired) electrons. The molecule has 1 aromatic heterocycles. The number of fused-ring (bicyclic) bond motifs is 1. The number of aromatic nitrogens is 1. The number of methoxy groups -OCH3 is 1. The van der Waals surface area contributed by atoms with Gasteiger partial charge in [-0.1, -0.05) is 12.1 Å². The number of amides is 1. The van der Waals surface area contributed by atoms with Gasteiger partial charge in [-0.25, -0.2) is 15.2 Å². The minimum absolute atomic E-state index is 0.427. The summed E-state index contributed by atoms with van der Waals surface area (Å²) in [5.74, 6) is 0.743. The van der Waals surface area contributed by atoms with Crippen LogP contribution in [0.1, 0.15) is 10.6 Å². The number of carbonyl (C=O) groups is 1. The third kappa shape index (κ3) is 4.08. The van der Waals surface area contributed by atoms with E-state index in [1.54, 1.807) is 11.3 Å². The van der Waals surface area contributed by atoms with Gasteiger partial charge in [0, 0.05) is 0 Å². The van der Waals surface area contributed by atoms with Crippen LogP contribution in [0, 0.1) is 0 Å². The number of hydrogen-bond donors (Lipinski definition) is 1. The van der Waals surface area contributed by atoms with Gasteiger partial charge in [-0.2, -0.15) is 5.10 Å². The molecule has 1 N–H and O–H groups in total. The smallest absolute Gasteiger partial charge is 0.427 e. The summed E-state index contributed by atoms with van der Waals surface area (Å²) in [6, 6.07) is 15.4. The first-order valence-corrected chi connectivity index (χ1v) is 8.00. The molecule has 24 heavy (non-hydrogen) atoms. The number of hydrazone groups is 1. The second-order valence-electron chi connectivity index (χ2n) is 4.79. The van der Waals surface area contributed by atoms with Crippen LogP contribution in [0.15, 0.2) is 53.6 Å². The first-order chi connectivity index (χ1) is 11.7. The maximum atomic E-state index is 10.9. The van der Waals surface area contributed by atoms with E-state index in [9.17, 15) is 4.79 Å². The quantitative estimate of drug-likeness (QED) is 0.569. The molecule has 1 heterocycles. The number of nitrogens with one attached hydrogen (secondary N) is 1. The third-order valence-electron chi connectivity index (χ3n) is 3.14. The lowest BCUT2D eigenvalue weighted by Gasteiger charge is -2.04. The molecule has 122 valence electrons. The first kappa shape index (κ1) is 15.9. The molecule has 3 aromatic rings. The second-order valence-corrected chi connectivity index (χ2v) is 5.91. The molecule has 0 spiro atoms. The molecular formula is C17H15N3O3S. The summed E-state index contributed by atoms with van der Waals surface area (Å²) < 4.78 is 11.3. The van der Waals surface area contributed by atoms with Crippen LogP contribution in [-0.4, -0.2) is 24.4 Å². The number of para-hydroxylation sites is 1. The number of rotatable bonds is 5. The molecule has 3 rings (SSSR count). The average molecular weight is 341 g/mol. The van der Waals surface area contributed by atoms with Gasteiger partial charge < -0.3 is 9.47 Å². The highest BCUT2D eigenvalue weighted by molar-refractivity contribution is 7.18. The predicted octanol–water partition coefficient (Wildman–Crippen LogP) is 3.57. The van der Waals surface area contributed by atoms with Crippen LogP contribution in [0.2, 0.25) is 0 Å². The number of hydrogen-bond acceptors (Lipinski definition) is 6. The Morgan fingerprint density at radius 2 is 2.04 bits per heavy atom. The molecule has 0 aliphatic rings. The van der Waals surface area contributed by atoms with Crippen LogP contribution in [0.3, 0.4) is 0 Å². The van der Waals surface area contributed by atoms with Gasteiger partial charge >= 0.3 is 6.09 Å². The van der Waals surface area contributed by atoms with Crippen molar-refractivity contribution in [2.24, 2.45) is 5.10 Å². The lowest BCUT2D eigenvalue weighted by atomic mass is 10.2. The maximum Gasteiger partial charge on any atom is 0.427 e. The fraction of sp³-hybridized carbons (Fsp3) is 0.118. The third-order valence-corrected chi connectivity index (χ3v) is 4.15. The number of benzene rings is 2. The molecule has 0 unspecified atom stereocenters. The highest BCUT2D eigenvalue weighted by Gasteiger charge is 2.04. The highest BCUT2D eigenvalue weighted by atomic mass is 32.1. The van der Waals surface area contributed by atoms with E-state index in [0.717, 1.165) is 26.5 Å². The van der Waals surface area contributed by atoms with Crippen LogP contribution in [0.5, 0.6) is 5.75 Å². The van der Waals surface area contributed by atoms with Gasteiger partial charge in [0.25, 0.3) is 0 Å². The van der Waals surface area contributed by atoms with Gasteiger partial charge in [-0.15, -0.1) is 11.3 Å². The summed E-state index contributed by atoms with van der Waals surface area (Å²) in [5.41, 5.74) is 4.05. The summed E-state index contributed by atoms with van der Waals surface area (Å²) in [6.45, 7) is 0.427. The molecule has 0 bridgehead atoms. The van der Waals surface area contributed by atoms with Gasteiger partial charge in [0.1, 0.15) is 17.4 Å². The van der Waals surface area contributed by atoms with E-state index in [2.05, 4.69) is 20.2 Å². The summed E-state index contributed by atoms with van der Waals surface area (Å²) in [4.78, 5) is 15.4. The average Bonchev–Trinajstić information content (AvgIpc) is 3.04. The Morgan fingerprint density at radius 1 is 1.25 bits per heavy atom. The fourth-order valence-corrected chi connectivity index (χ4v) is 2.86. The Kier molecular flexibility index (Phi) is 5.02. The van der Waals surface area contributed by atoms with Crippen molar-refractivity contribution in [3.63, 3.8) is 0 Å². The molecule has 0 atom stereocenters. The highest BCUT2D eigenvalue weighted by Crippen LogP contribution is 2.23. The lowest BCUT2D eigenvalue weighted by Crippen LogP contribution is -2.16. The molecule has 0 saturated carbocycles. The van der Waals surface area contributed by atoms with E-state index in [4.69, 9.17) is 4.74 Å². The molecule has 7 heteroatoms. The minimum atomic E-state index is -0.609. The maximum absolute atomic E-state index is 10.9. The molecule has 0 aliphatic heterocycles. The Labute approximate surface area is 142 Å². The van der Waals surface area contributed by atoms with Crippen molar-refractivity contribution < 1.29 is 14.3 Å². The zero-order chi connectivity index (χ0) is 16.8. The van der Waals surface area contributed by atoms with Crippen molar-refractivity contribution in [1.82, 2.24) is 10.4 Å². The van der Waals surface area contributed by atoms with E-state index >= 15 is 0 Å². The molecule has 0 saturated heterocycles. The topological polar surface area (TPSA) is 72.8 Å². The van der Waals surface area contributed by atoms with E-state index in [1.807, 2.05) is 48.5 Å². The van der Waals surface area contributed by atoms with E-state index < -0.39 is 6.09 Å². The number of carbonyl (C=O) groups excluding carboxylic acids is 1. The van der Waals surface area contributed by atoms with Gasteiger partial charge in [0.15, 0.2) is 0 Å². The molecule has 0 aliphatic carbocycles. The first-order valence-electron chi connectivity index (χ1n) is 7.19. The van der Waals surface area contributed by atoms with Gasteiger partial charge in [0.05, 0.1) is 23.5 Å². The van der Waals surface area contributed by atoms with Crippen molar-refractivity contribution in [3.8, 4) is 5.75 Å². The number of ether oxygens (including phenoxy) is 2. The van der Waals surface area contributed by atoms with Crippen LogP contribution in [0.25, 0.3) is 10.2 Å². The van der Waals surface area contributed by atoms with Crippen molar-refractivity contribution in [1.29, 1.82) is 0 Å². The van der Waals surface area contributed by atoms with Crippen LogP contribution in [0.4, 0.5) is 4.79 Å². The lowest BCUT2D eigenvalue weighted by molar-refractivity contribution is 0.171. The molecule has 2 aromatic carbocycles. The van der Waals surface area contributed by atoms with Crippen LogP contribution >= 0.6 is 11.3 Å². The Balaban J connectivity index is 1.57. The predicted molar refractivity (Wildman–Crippen MR) is 93.5 cm³/mol. The second kappa shape index (κ2) is 7.56. The fourth-order valence-electron chi connectivity index (χ4n) is 1.98. The van der Waals surface area contributed by atoms with Gasteiger partial charge in [0.2, 0.25) is 0 Å². The van der Waals surface area contributed by atoms with Crippen molar-refractivity contribution in [3.05, 3.63) is 59.1 Å². The summed E-state index contributed by atoms with van der Waals surface area (Å²) in [6.07, 6.45) is 0.913. The Bertz CT molecular complexity index is 826. The monoisotopic (exact) mass is 341 g/mol. The zero-order valence-electron chi connectivity index (χ0n) is 12.9. The molecule has 6 nitrogen and oxygen atoms in total. The largest absolute Gasteiger partial charge is 0.486 e. The molecule has 0 fully saturated rings. The van der Waals surface area contributed by atoms with Gasteiger partial charge in [-0.3, -0.25) is 0 Å². The zero-order valence-corrected chi connectivity index (χ0v) is 13.7. The minimum Gasteiger partial charge on any atom is -0.486 e. The van der Waals surface area contributed by atoms with Crippen molar-refractivity contribution in [2.75, 3.05) is 7.11 Å².